The van der Waals surface area contributed by atoms with Gasteiger partial charge in [0.05, 0.1) is 12.2 Å². The SMILES string of the molecule is O=C(OCCC1CC1)c1cc(S)ccc1F. The lowest BCUT2D eigenvalue weighted by Gasteiger charge is -2.05. The highest BCUT2D eigenvalue weighted by Crippen LogP contribution is 2.32. The molecule has 0 heterocycles. The van der Waals surface area contributed by atoms with Crippen LogP contribution >= 0.6 is 12.6 Å². The van der Waals surface area contributed by atoms with Crippen molar-refractivity contribution in [3.63, 3.8) is 0 Å². The van der Waals surface area contributed by atoms with E-state index >= 15 is 0 Å². The van der Waals surface area contributed by atoms with Crippen LogP contribution in [0.1, 0.15) is 29.6 Å². The molecule has 0 aromatic heterocycles. The molecule has 0 unspecified atom stereocenters. The van der Waals surface area contributed by atoms with Gasteiger partial charge in [-0.2, -0.15) is 0 Å². The number of hydrogen-bond acceptors (Lipinski definition) is 3. The molecule has 2 nitrogen and oxygen atoms in total. The minimum atomic E-state index is -0.603. The fourth-order valence-electron chi connectivity index (χ4n) is 1.47. The van der Waals surface area contributed by atoms with Crippen molar-refractivity contribution in [3.8, 4) is 0 Å². The summed E-state index contributed by atoms with van der Waals surface area (Å²) in [6.45, 7) is 0.375. The molecule has 1 fully saturated rings. The van der Waals surface area contributed by atoms with Gasteiger partial charge in [0.15, 0.2) is 0 Å². The zero-order valence-electron chi connectivity index (χ0n) is 8.78. The highest BCUT2D eigenvalue weighted by molar-refractivity contribution is 7.80. The number of carbonyl (C=O) groups excluding carboxylic acids is 1. The van der Waals surface area contributed by atoms with Gasteiger partial charge in [-0.1, -0.05) is 12.8 Å². The molecule has 0 radical (unpaired) electrons. The van der Waals surface area contributed by atoms with Gasteiger partial charge in [-0.15, -0.1) is 12.6 Å². The van der Waals surface area contributed by atoms with E-state index in [-0.39, 0.29) is 5.56 Å². The molecule has 4 heteroatoms. The van der Waals surface area contributed by atoms with E-state index in [2.05, 4.69) is 12.6 Å². The third kappa shape index (κ3) is 2.98. The van der Waals surface area contributed by atoms with E-state index in [0.29, 0.717) is 17.4 Å². The van der Waals surface area contributed by atoms with Crippen LogP contribution in [0.15, 0.2) is 23.1 Å². The number of hydrogen-bond donors (Lipinski definition) is 1. The van der Waals surface area contributed by atoms with Gasteiger partial charge >= 0.3 is 5.97 Å². The minimum absolute atomic E-state index is 0.0386. The zero-order chi connectivity index (χ0) is 11.5. The molecule has 1 aliphatic rings. The van der Waals surface area contributed by atoms with Crippen molar-refractivity contribution < 1.29 is 13.9 Å². The number of esters is 1. The third-order valence-electron chi connectivity index (χ3n) is 2.63. The highest BCUT2D eigenvalue weighted by atomic mass is 32.1. The minimum Gasteiger partial charge on any atom is -0.462 e. The number of halogens is 1. The van der Waals surface area contributed by atoms with E-state index in [1.165, 1.54) is 31.0 Å². The van der Waals surface area contributed by atoms with Crippen LogP contribution in [0.5, 0.6) is 0 Å². The van der Waals surface area contributed by atoms with Gasteiger partial charge in [0.1, 0.15) is 5.82 Å². The summed E-state index contributed by atoms with van der Waals surface area (Å²) in [5.41, 5.74) is -0.0386. The Hall–Kier alpha value is -1.03. The van der Waals surface area contributed by atoms with E-state index in [1.54, 1.807) is 0 Å². The monoisotopic (exact) mass is 240 g/mol. The van der Waals surface area contributed by atoms with E-state index in [9.17, 15) is 9.18 Å². The number of rotatable bonds is 4. The van der Waals surface area contributed by atoms with Gasteiger partial charge in [0.25, 0.3) is 0 Å². The van der Waals surface area contributed by atoms with E-state index < -0.39 is 11.8 Å². The second kappa shape index (κ2) is 4.87. The topological polar surface area (TPSA) is 26.3 Å². The van der Waals surface area contributed by atoms with Crippen LogP contribution < -0.4 is 0 Å². The Morgan fingerprint density at radius 1 is 1.50 bits per heavy atom. The molecular formula is C12H13FO2S. The Labute approximate surface area is 99.2 Å². The summed E-state index contributed by atoms with van der Waals surface area (Å²) in [6.07, 6.45) is 3.32. The van der Waals surface area contributed by atoms with Crippen molar-refractivity contribution in [2.75, 3.05) is 6.61 Å². The first-order chi connectivity index (χ1) is 7.66. The molecule has 1 saturated carbocycles. The normalized spacial score (nSPS) is 14.9. The first-order valence-corrected chi connectivity index (χ1v) is 5.77. The maximum absolute atomic E-state index is 13.3. The van der Waals surface area contributed by atoms with Crippen LogP contribution in [0.2, 0.25) is 0 Å². The molecule has 2 rings (SSSR count). The van der Waals surface area contributed by atoms with Crippen LogP contribution in [-0.4, -0.2) is 12.6 Å². The third-order valence-corrected chi connectivity index (χ3v) is 2.90. The van der Waals surface area contributed by atoms with Crippen LogP contribution in [0.3, 0.4) is 0 Å². The molecule has 0 saturated heterocycles. The second-order valence-electron chi connectivity index (χ2n) is 4.03. The van der Waals surface area contributed by atoms with Gasteiger partial charge < -0.3 is 4.74 Å². The van der Waals surface area contributed by atoms with Gasteiger partial charge in [-0.3, -0.25) is 0 Å². The molecule has 1 aromatic rings. The molecule has 0 N–H and O–H groups in total. The predicted molar refractivity (Wildman–Crippen MR) is 61.3 cm³/mol. The molecule has 0 atom stereocenters. The Morgan fingerprint density at radius 2 is 2.25 bits per heavy atom. The van der Waals surface area contributed by atoms with Gasteiger partial charge in [-0.25, -0.2) is 9.18 Å². The summed E-state index contributed by atoms with van der Waals surface area (Å²) in [5, 5.41) is 0. The average molecular weight is 240 g/mol. The summed E-state index contributed by atoms with van der Waals surface area (Å²) < 4.78 is 18.3. The van der Waals surface area contributed by atoms with Crippen molar-refractivity contribution in [1.82, 2.24) is 0 Å². The molecule has 0 bridgehead atoms. The van der Waals surface area contributed by atoms with Crippen LogP contribution in [0.4, 0.5) is 4.39 Å². The van der Waals surface area contributed by atoms with E-state index in [1.807, 2.05) is 0 Å². The number of ether oxygens (including phenoxy) is 1. The lowest BCUT2D eigenvalue weighted by molar-refractivity contribution is 0.0489. The summed E-state index contributed by atoms with van der Waals surface area (Å²) in [5.74, 6) is -0.461. The molecular weight excluding hydrogens is 227 g/mol. The van der Waals surface area contributed by atoms with Gasteiger partial charge in [0.2, 0.25) is 0 Å². The smallest absolute Gasteiger partial charge is 0.341 e. The summed E-state index contributed by atoms with van der Waals surface area (Å²) in [4.78, 5) is 12.1. The molecule has 16 heavy (non-hydrogen) atoms. The average Bonchev–Trinajstić information content (AvgIpc) is 3.05. The Kier molecular flexibility index (Phi) is 3.49. The predicted octanol–water partition coefficient (Wildman–Crippen LogP) is 3.07. The van der Waals surface area contributed by atoms with Crippen molar-refractivity contribution >= 4 is 18.6 Å². The van der Waals surface area contributed by atoms with Crippen LogP contribution in [0.25, 0.3) is 0 Å². The zero-order valence-corrected chi connectivity index (χ0v) is 9.67. The fraction of sp³-hybridized carbons (Fsp3) is 0.417. The van der Waals surface area contributed by atoms with Crippen LogP contribution in [0, 0.1) is 11.7 Å². The largest absolute Gasteiger partial charge is 0.462 e. The lowest BCUT2D eigenvalue weighted by atomic mass is 10.2. The number of thiol groups is 1. The standard InChI is InChI=1S/C12H13FO2S/c13-11-4-3-9(16)7-10(11)12(14)15-6-5-8-1-2-8/h3-4,7-8,16H,1-2,5-6H2. The Bertz CT molecular complexity index is 402. The maximum Gasteiger partial charge on any atom is 0.341 e. The number of benzene rings is 1. The molecule has 0 spiro atoms. The summed E-state index contributed by atoms with van der Waals surface area (Å²) in [7, 11) is 0. The molecule has 0 amide bonds. The molecule has 1 aromatic carbocycles. The first-order valence-electron chi connectivity index (χ1n) is 5.32. The Balaban J connectivity index is 1.93. The van der Waals surface area contributed by atoms with Gasteiger partial charge in [-0.05, 0) is 30.5 Å². The van der Waals surface area contributed by atoms with E-state index in [0.717, 1.165) is 6.42 Å². The second-order valence-corrected chi connectivity index (χ2v) is 4.55. The summed E-state index contributed by atoms with van der Waals surface area (Å²) in [6, 6.07) is 4.11. The quantitative estimate of drug-likeness (QED) is 0.646. The van der Waals surface area contributed by atoms with Crippen molar-refractivity contribution in [3.05, 3.63) is 29.6 Å². The Morgan fingerprint density at radius 3 is 2.94 bits per heavy atom. The van der Waals surface area contributed by atoms with Gasteiger partial charge in [0, 0.05) is 4.90 Å². The van der Waals surface area contributed by atoms with Crippen LogP contribution in [-0.2, 0) is 4.74 Å². The summed E-state index contributed by atoms with van der Waals surface area (Å²) >= 11 is 4.06. The van der Waals surface area contributed by atoms with Crippen molar-refractivity contribution in [2.45, 2.75) is 24.2 Å². The van der Waals surface area contributed by atoms with Crippen molar-refractivity contribution in [1.29, 1.82) is 0 Å². The molecule has 1 aliphatic carbocycles. The molecule has 86 valence electrons. The lowest BCUT2D eigenvalue weighted by Crippen LogP contribution is -2.09. The highest BCUT2D eigenvalue weighted by Gasteiger charge is 2.21. The molecule has 0 aliphatic heterocycles. The van der Waals surface area contributed by atoms with E-state index in [4.69, 9.17) is 4.74 Å². The van der Waals surface area contributed by atoms with Crippen molar-refractivity contribution in [2.24, 2.45) is 5.92 Å². The fourth-order valence-corrected chi connectivity index (χ4v) is 1.68. The first kappa shape index (κ1) is 11.5. The maximum atomic E-state index is 13.3. The number of carbonyl (C=O) groups is 1.